The van der Waals surface area contributed by atoms with Crippen molar-refractivity contribution in [1.29, 1.82) is 0 Å². The number of Topliss-reactive ketones (excluding diaryl/α,β-unsaturated/α-hetero) is 1. The zero-order chi connectivity index (χ0) is 28.2. The van der Waals surface area contributed by atoms with Crippen LogP contribution in [-0.4, -0.2) is 51.3 Å². The van der Waals surface area contributed by atoms with Gasteiger partial charge in [-0.25, -0.2) is 0 Å². The fraction of sp³-hybridized carbons (Fsp3) is 0.484. The van der Waals surface area contributed by atoms with Crippen LogP contribution >= 0.6 is 0 Å². The molecule has 0 aliphatic rings. The van der Waals surface area contributed by atoms with E-state index in [2.05, 4.69) is 0 Å². The van der Waals surface area contributed by atoms with E-state index >= 15 is 0 Å². The van der Waals surface area contributed by atoms with E-state index in [-0.39, 0.29) is 42.4 Å². The van der Waals surface area contributed by atoms with Gasteiger partial charge in [-0.15, -0.1) is 0 Å². The van der Waals surface area contributed by atoms with Crippen molar-refractivity contribution in [2.45, 2.75) is 78.6 Å². The molecule has 3 atom stereocenters. The second-order valence-electron chi connectivity index (χ2n) is 10.1. The van der Waals surface area contributed by atoms with Crippen molar-refractivity contribution in [3.63, 3.8) is 0 Å². The van der Waals surface area contributed by atoms with Crippen molar-refractivity contribution in [3.05, 3.63) is 70.3 Å². The van der Waals surface area contributed by atoms with E-state index in [4.69, 9.17) is 4.74 Å². The minimum absolute atomic E-state index is 0.0634. The summed E-state index contributed by atoms with van der Waals surface area (Å²) in [6.45, 7) is 7.74. The number of hydrogen-bond acceptors (Lipinski definition) is 7. The van der Waals surface area contributed by atoms with Gasteiger partial charge in [-0.05, 0) is 47.9 Å². The SMILES string of the molecule is CC/C=C(\CO)[C@@H](C[C@@H](O)[C@H](CCC)C(=O)c1cc(CC(C)C)c(O)c(C=O)c1O)OCc1ccccc1. The molecule has 0 saturated carbocycles. The maximum atomic E-state index is 13.7. The molecule has 2 rings (SSSR count). The van der Waals surface area contributed by atoms with E-state index in [1.54, 1.807) is 0 Å². The summed E-state index contributed by atoms with van der Waals surface area (Å²) in [5.74, 6) is -2.16. The van der Waals surface area contributed by atoms with Crippen molar-refractivity contribution < 1.29 is 34.8 Å². The molecule has 0 aliphatic carbocycles. The number of aliphatic hydroxyl groups excluding tert-OH is 2. The minimum Gasteiger partial charge on any atom is -0.507 e. The number of hydrogen-bond donors (Lipinski definition) is 4. The molecule has 4 N–H and O–H groups in total. The van der Waals surface area contributed by atoms with Gasteiger partial charge in [0.1, 0.15) is 11.5 Å². The van der Waals surface area contributed by atoms with Gasteiger partial charge in [-0.2, -0.15) is 0 Å². The van der Waals surface area contributed by atoms with Gasteiger partial charge in [0, 0.05) is 12.3 Å². The lowest BCUT2D eigenvalue weighted by atomic mass is 9.83. The Morgan fingerprint density at radius 2 is 1.76 bits per heavy atom. The fourth-order valence-electron chi connectivity index (χ4n) is 4.69. The van der Waals surface area contributed by atoms with Crippen LogP contribution in [0.4, 0.5) is 0 Å². The molecule has 0 saturated heterocycles. The predicted octanol–water partition coefficient (Wildman–Crippen LogP) is 5.37. The summed E-state index contributed by atoms with van der Waals surface area (Å²) >= 11 is 0. The topological polar surface area (TPSA) is 124 Å². The third kappa shape index (κ3) is 8.25. The summed E-state index contributed by atoms with van der Waals surface area (Å²) in [6.07, 6.45) is 2.51. The third-order valence-corrected chi connectivity index (χ3v) is 6.61. The van der Waals surface area contributed by atoms with Crippen molar-refractivity contribution in [2.75, 3.05) is 6.61 Å². The summed E-state index contributed by atoms with van der Waals surface area (Å²) in [6, 6.07) is 11.0. The molecule has 0 spiro atoms. The molecular formula is C31H42O7. The Morgan fingerprint density at radius 3 is 2.32 bits per heavy atom. The average molecular weight is 527 g/mol. The van der Waals surface area contributed by atoms with Crippen LogP contribution in [0.15, 0.2) is 48.0 Å². The molecule has 38 heavy (non-hydrogen) atoms. The molecule has 0 bridgehead atoms. The Kier molecular flexibility index (Phi) is 12.7. The molecule has 2 aromatic carbocycles. The summed E-state index contributed by atoms with van der Waals surface area (Å²) < 4.78 is 6.13. The number of ether oxygens (including phenoxy) is 1. The number of ketones is 1. The number of aldehydes is 1. The van der Waals surface area contributed by atoms with Crippen LogP contribution in [0.2, 0.25) is 0 Å². The van der Waals surface area contributed by atoms with Crippen LogP contribution in [0.1, 0.15) is 85.2 Å². The molecule has 0 heterocycles. The van der Waals surface area contributed by atoms with Crippen molar-refractivity contribution in [3.8, 4) is 11.5 Å². The molecule has 7 nitrogen and oxygen atoms in total. The maximum Gasteiger partial charge on any atom is 0.172 e. The number of aromatic hydroxyl groups is 2. The van der Waals surface area contributed by atoms with Gasteiger partial charge in [-0.3, -0.25) is 9.59 Å². The number of carbonyl (C=O) groups is 2. The number of phenolic OH excluding ortho intramolecular Hbond substituents is 2. The first-order valence-corrected chi connectivity index (χ1v) is 13.4. The zero-order valence-electron chi connectivity index (χ0n) is 22.9. The molecule has 0 aliphatic heterocycles. The summed E-state index contributed by atoms with van der Waals surface area (Å²) in [4.78, 5) is 25.4. The van der Waals surface area contributed by atoms with Gasteiger partial charge >= 0.3 is 0 Å². The first kappa shape index (κ1) is 31.2. The molecule has 0 unspecified atom stereocenters. The molecule has 208 valence electrons. The second-order valence-corrected chi connectivity index (χ2v) is 10.1. The number of phenols is 2. The summed E-state index contributed by atoms with van der Waals surface area (Å²) in [7, 11) is 0. The Bertz CT molecular complexity index is 1080. The number of allylic oxidation sites excluding steroid dienone is 1. The van der Waals surface area contributed by atoms with Crippen LogP contribution in [-0.2, 0) is 17.8 Å². The monoisotopic (exact) mass is 526 g/mol. The van der Waals surface area contributed by atoms with Gasteiger partial charge in [0.25, 0.3) is 0 Å². The van der Waals surface area contributed by atoms with Crippen LogP contribution in [0, 0.1) is 11.8 Å². The van der Waals surface area contributed by atoms with E-state index in [1.807, 2.05) is 64.1 Å². The van der Waals surface area contributed by atoms with Gasteiger partial charge < -0.3 is 25.2 Å². The molecule has 0 aromatic heterocycles. The molecule has 2 aromatic rings. The van der Waals surface area contributed by atoms with Crippen LogP contribution < -0.4 is 0 Å². The fourth-order valence-corrected chi connectivity index (χ4v) is 4.69. The highest BCUT2D eigenvalue weighted by molar-refractivity contribution is 6.04. The molecule has 7 heteroatoms. The zero-order valence-corrected chi connectivity index (χ0v) is 22.9. The highest BCUT2D eigenvalue weighted by Gasteiger charge is 2.33. The van der Waals surface area contributed by atoms with E-state index in [0.717, 1.165) is 5.56 Å². The third-order valence-electron chi connectivity index (χ3n) is 6.61. The van der Waals surface area contributed by atoms with E-state index in [9.17, 15) is 30.0 Å². The van der Waals surface area contributed by atoms with E-state index in [0.29, 0.717) is 43.1 Å². The Morgan fingerprint density at radius 1 is 1.08 bits per heavy atom. The molecule has 0 radical (unpaired) electrons. The number of rotatable bonds is 16. The Labute approximate surface area is 225 Å². The van der Waals surface area contributed by atoms with Gasteiger partial charge in [0.15, 0.2) is 12.1 Å². The van der Waals surface area contributed by atoms with Crippen LogP contribution in [0.25, 0.3) is 0 Å². The highest BCUT2D eigenvalue weighted by Crippen LogP contribution is 2.37. The van der Waals surface area contributed by atoms with Crippen molar-refractivity contribution in [2.24, 2.45) is 11.8 Å². The lowest BCUT2D eigenvalue weighted by Gasteiger charge is -2.28. The summed E-state index contributed by atoms with van der Waals surface area (Å²) in [5, 5.41) is 42.5. The normalized spacial score (nSPS) is 14.3. The quantitative estimate of drug-likeness (QED) is 0.132. The Balaban J connectivity index is 2.40. The van der Waals surface area contributed by atoms with Crippen LogP contribution in [0.3, 0.4) is 0 Å². The number of carbonyl (C=O) groups excluding carboxylic acids is 2. The van der Waals surface area contributed by atoms with Crippen LogP contribution in [0.5, 0.6) is 11.5 Å². The Hall–Kier alpha value is -3.00. The van der Waals surface area contributed by atoms with Gasteiger partial charge in [0.2, 0.25) is 0 Å². The summed E-state index contributed by atoms with van der Waals surface area (Å²) in [5.41, 5.74) is 1.54. The first-order valence-electron chi connectivity index (χ1n) is 13.4. The average Bonchev–Trinajstić information content (AvgIpc) is 2.90. The molecule has 0 amide bonds. The van der Waals surface area contributed by atoms with Crippen molar-refractivity contribution in [1.82, 2.24) is 0 Å². The van der Waals surface area contributed by atoms with E-state index < -0.39 is 29.7 Å². The first-order chi connectivity index (χ1) is 18.2. The minimum atomic E-state index is -1.14. The lowest BCUT2D eigenvalue weighted by molar-refractivity contribution is 0.00263. The molecule has 0 fully saturated rings. The van der Waals surface area contributed by atoms with Crippen molar-refractivity contribution >= 4 is 12.1 Å². The highest BCUT2D eigenvalue weighted by atomic mass is 16.5. The maximum absolute atomic E-state index is 13.7. The molecular weight excluding hydrogens is 484 g/mol. The largest absolute Gasteiger partial charge is 0.507 e. The second kappa shape index (κ2) is 15.4. The van der Waals surface area contributed by atoms with Gasteiger partial charge in [0.05, 0.1) is 36.5 Å². The lowest BCUT2D eigenvalue weighted by Crippen LogP contribution is -2.34. The number of benzene rings is 2. The predicted molar refractivity (Wildman–Crippen MR) is 148 cm³/mol. The smallest absolute Gasteiger partial charge is 0.172 e. The number of aliphatic hydroxyl groups is 2. The van der Waals surface area contributed by atoms with E-state index in [1.165, 1.54) is 6.07 Å². The van der Waals surface area contributed by atoms with Gasteiger partial charge in [-0.1, -0.05) is 70.5 Å². The standard InChI is InChI=1S/C31H42O7/c1-5-10-22(17-32)28(38-19-21-12-8-7-9-13-21)16-27(34)24(11-6-2)30(36)25-15-23(14-20(3)4)29(35)26(18-33)31(25)37/h7-10,12-13,15,18,20,24,27-28,32,34-35,37H,5-6,11,14,16-17,19H2,1-4H3/b22-10+/t24-,27+,28+/m0/s1.